The van der Waals surface area contributed by atoms with Crippen molar-refractivity contribution in [2.45, 2.75) is 71.1 Å². The van der Waals surface area contributed by atoms with E-state index in [1.165, 1.54) is 32.1 Å². The molecule has 4 bridgehead atoms. The normalized spacial score (nSPS) is 54.3. The summed E-state index contributed by atoms with van der Waals surface area (Å²) in [6.07, 6.45) is 15.1. The van der Waals surface area contributed by atoms with Gasteiger partial charge in [0.05, 0.1) is 0 Å². The van der Waals surface area contributed by atoms with Gasteiger partial charge in [0.15, 0.2) is 0 Å². The summed E-state index contributed by atoms with van der Waals surface area (Å²) >= 11 is 0. The van der Waals surface area contributed by atoms with Crippen molar-refractivity contribution in [1.29, 1.82) is 0 Å². The van der Waals surface area contributed by atoms with Crippen molar-refractivity contribution in [3.05, 3.63) is 0 Å². The molecule has 0 aromatic rings. The molecule has 0 unspecified atom stereocenters. The molecule has 0 atom stereocenters. The number of hydrogen-bond acceptors (Lipinski definition) is 1. The summed E-state index contributed by atoms with van der Waals surface area (Å²) in [6.45, 7) is 3.39. The first kappa shape index (κ1) is 13.6. The van der Waals surface area contributed by atoms with Crippen LogP contribution < -0.4 is 5.73 Å². The van der Waals surface area contributed by atoms with Gasteiger partial charge in [-0.1, -0.05) is 19.8 Å². The summed E-state index contributed by atoms with van der Waals surface area (Å²) in [5, 5.41) is 0. The summed E-state index contributed by atoms with van der Waals surface area (Å²) in [7, 11) is 0. The third-order valence-corrected chi connectivity index (χ3v) is 7.86. The van der Waals surface area contributed by atoms with Crippen LogP contribution in [0.25, 0.3) is 0 Å². The van der Waals surface area contributed by atoms with Crippen LogP contribution in [0.1, 0.15) is 71.1 Å². The van der Waals surface area contributed by atoms with Gasteiger partial charge in [-0.2, -0.15) is 0 Å². The van der Waals surface area contributed by atoms with Crippen molar-refractivity contribution in [2.24, 2.45) is 46.7 Å². The van der Waals surface area contributed by atoms with Crippen molar-refractivity contribution in [2.75, 3.05) is 6.54 Å². The standard InChI is InChI=1S/C19H33N/c1-13-2-4-19(12-20,5-3-13)11-18-16-7-14-6-15(9-16)10-17(18)8-14/h13-18H,2-12,20H2,1H3. The minimum Gasteiger partial charge on any atom is -0.330 e. The van der Waals surface area contributed by atoms with Crippen LogP contribution >= 0.6 is 0 Å². The third kappa shape index (κ3) is 2.25. The lowest BCUT2D eigenvalue weighted by molar-refractivity contribution is -0.0609. The molecule has 1 nitrogen and oxygen atoms in total. The van der Waals surface area contributed by atoms with Crippen LogP contribution in [-0.2, 0) is 0 Å². The Bertz CT molecular complexity index is 325. The molecule has 5 aliphatic rings. The maximum absolute atomic E-state index is 6.29. The molecule has 0 aromatic carbocycles. The highest BCUT2D eigenvalue weighted by molar-refractivity contribution is 5.00. The number of rotatable bonds is 3. The first-order chi connectivity index (χ1) is 9.67. The van der Waals surface area contributed by atoms with E-state index < -0.39 is 0 Å². The van der Waals surface area contributed by atoms with Crippen LogP contribution in [0.15, 0.2) is 0 Å². The van der Waals surface area contributed by atoms with E-state index in [9.17, 15) is 0 Å². The molecule has 5 rings (SSSR count). The zero-order chi connectivity index (χ0) is 13.7. The first-order valence-corrected chi connectivity index (χ1v) is 9.37. The average Bonchev–Trinajstić information content (AvgIpc) is 2.45. The molecule has 1 heteroatoms. The van der Waals surface area contributed by atoms with Crippen LogP contribution in [0.2, 0.25) is 0 Å². The Labute approximate surface area is 125 Å². The van der Waals surface area contributed by atoms with Crippen molar-refractivity contribution in [1.82, 2.24) is 0 Å². The monoisotopic (exact) mass is 275 g/mol. The highest BCUT2D eigenvalue weighted by Gasteiger charge is 2.50. The molecule has 5 saturated carbocycles. The molecule has 0 amide bonds. The quantitative estimate of drug-likeness (QED) is 0.800. The van der Waals surface area contributed by atoms with E-state index in [4.69, 9.17) is 5.73 Å². The number of hydrogen-bond donors (Lipinski definition) is 1. The predicted molar refractivity (Wildman–Crippen MR) is 84.3 cm³/mol. The minimum absolute atomic E-state index is 0.534. The second kappa shape index (κ2) is 5.00. The molecule has 0 heterocycles. The lowest BCUT2D eigenvalue weighted by atomic mass is 9.49. The average molecular weight is 275 g/mol. The summed E-state index contributed by atoms with van der Waals surface area (Å²) in [5.41, 5.74) is 6.82. The van der Waals surface area contributed by atoms with Crippen molar-refractivity contribution >= 4 is 0 Å². The van der Waals surface area contributed by atoms with Gasteiger partial charge in [0.1, 0.15) is 0 Å². The lowest BCUT2D eigenvalue weighted by Gasteiger charge is -2.56. The first-order valence-electron chi connectivity index (χ1n) is 9.37. The Balaban J connectivity index is 1.48. The molecule has 114 valence electrons. The fourth-order valence-electron chi connectivity index (χ4n) is 6.74. The highest BCUT2D eigenvalue weighted by atomic mass is 14.6. The van der Waals surface area contributed by atoms with Gasteiger partial charge in [0.2, 0.25) is 0 Å². The van der Waals surface area contributed by atoms with E-state index in [1.807, 2.05) is 0 Å². The van der Waals surface area contributed by atoms with E-state index in [1.54, 1.807) is 32.1 Å². The molecule has 0 aromatic heterocycles. The third-order valence-electron chi connectivity index (χ3n) is 7.86. The zero-order valence-electron chi connectivity index (χ0n) is 13.3. The second-order valence-electron chi connectivity index (χ2n) is 9.19. The topological polar surface area (TPSA) is 26.0 Å². The summed E-state index contributed by atoms with van der Waals surface area (Å²) in [4.78, 5) is 0. The van der Waals surface area contributed by atoms with Crippen LogP contribution in [0, 0.1) is 40.9 Å². The van der Waals surface area contributed by atoms with Crippen LogP contribution in [0.5, 0.6) is 0 Å². The predicted octanol–water partition coefficient (Wildman–Crippen LogP) is 4.60. The van der Waals surface area contributed by atoms with E-state index in [2.05, 4.69) is 6.92 Å². The zero-order valence-corrected chi connectivity index (χ0v) is 13.3. The van der Waals surface area contributed by atoms with Crippen LogP contribution in [0.4, 0.5) is 0 Å². The van der Waals surface area contributed by atoms with E-state index >= 15 is 0 Å². The van der Waals surface area contributed by atoms with Gasteiger partial charge in [0.25, 0.3) is 0 Å². The Hall–Kier alpha value is -0.0400. The summed E-state index contributed by atoms with van der Waals surface area (Å²) < 4.78 is 0. The van der Waals surface area contributed by atoms with E-state index in [0.29, 0.717) is 5.41 Å². The summed E-state index contributed by atoms with van der Waals surface area (Å²) in [6, 6.07) is 0. The van der Waals surface area contributed by atoms with E-state index in [0.717, 1.165) is 42.1 Å². The van der Waals surface area contributed by atoms with Crippen LogP contribution in [-0.4, -0.2) is 6.54 Å². The Morgan fingerprint density at radius 3 is 1.95 bits per heavy atom. The van der Waals surface area contributed by atoms with Gasteiger partial charge in [-0.25, -0.2) is 0 Å². The Kier molecular flexibility index (Phi) is 3.41. The largest absolute Gasteiger partial charge is 0.330 e. The fourth-order valence-corrected chi connectivity index (χ4v) is 6.74. The molecular weight excluding hydrogens is 242 g/mol. The molecule has 0 aliphatic heterocycles. The smallest absolute Gasteiger partial charge is 0.00204 e. The molecule has 0 saturated heterocycles. The van der Waals surface area contributed by atoms with Gasteiger partial charge in [-0.15, -0.1) is 0 Å². The Morgan fingerprint density at radius 1 is 0.900 bits per heavy atom. The summed E-state index contributed by atoms with van der Waals surface area (Å²) in [5.74, 6) is 6.43. The van der Waals surface area contributed by atoms with Gasteiger partial charge in [0, 0.05) is 0 Å². The maximum atomic E-state index is 6.29. The lowest BCUT2D eigenvalue weighted by Crippen LogP contribution is -2.48. The van der Waals surface area contributed by atoms with Crippen molar-refractivity contribution < 1.29 is 0 Å². The highest BCUT2D eigenvalue weighted by Crippen LogP contribution is 2.59. The SMILES string of the molecule is CC1CCC(CN)(CC2C3CC4CC(C3)CC2C4)CC1. The van der Waals surface area contributed by atoms with Gasteiger partial charge >= 0.3 is 0 Å². The molecule has 5 fully saturated rings. The van der Waals surface area contributed by atoms with Gasteiger partial charge in [-0.3, -0.25) is 0 Å². The van der Waals surface area contributed by atoms with Gasteiger partial charge in [-0.05, 0) is 98.8 Å². The van der Waals surface area contributed by atoms with Crippen molar-refractivity contribution in [3.8, 4) is 0 Å². The fraction of sp³-hybridized carbons (Fsp3) is 1.00. The molecule has 0 spiro atoms. The second-order valence-corrected chi connectivity index (χ2v) is 9.19. The molecule has 2 N–H and O–H groups in total. The molecule has 20 heavy (non-hydrogen) atoms. The van der Waals surface area contributed by atoms with Crippen LogP contribution in [0.3, 0.4) is 0 Å². The van der Waals surface area contributed by atoms with E-state index in [-0.39, 0.29) is 0 Å². The van der Waals surface area contributed by atoms with Gasteiger partial charge < -0.3 is 5.73 Å². The molecular formula is C19H33N. The maximum Gasteiger partial charge on any atom is -0.00204 e. The van der Waals surface area contributed by atoms with Crippen molar-refractivity contribution in [3.63, 3.8) is 0 Å². The number of nitrogens with two attached hydrogens (primary N) is 1. The molecule has 0 radical (unpaired) electrons. The molecule has 5 aliphatic carbocycles. The minimum atomic E-state index is 0.534. The Morgan fingerprint density at radius 2 is 1.45 bits per heavy atom.